The number of thiophene rings is 1. The summed E-state index contributed by atoms with van der Waals surface area (Å²) in [6, 6.07) is 9.75. The van der Waals surface area contributed by atoms with E-state index in [0.29, 0.717) is 17.7 Å². The predicted molar refractivity (Wildman–Crippen MR) is 104 cm³/mol. The number of hydrogen-bond acceptors (Lipinski definition) is 5. The number of ether oxygens (including phenoxy) is 1. The first kappa shape index (κ1) is 16.7. The van der Waals surface area contributed by atoms with Gasteiger partial charge in [-0.05, 0) is 42.9 Å². The topological polar surface area (TPSA) is 55.0 Å². The van der Waals surface area contributed by atoms with E-state index >= 15 is 0 Å². The number of para-hydroxylation sites is 1. The maximum atomic E-state index is 12.5. The second-order valence-electron chi connectivity index (χ2n) is 6.41. The fourth-order valence-electron chi connectivity index (χ4n) is 3.21. The van der Waals surface area contributed by atoms with Gasteiger partial charge in [-0.1, -0.05) is 36.9 Å². The van der Waals surface area contributed by atoms with Gasteiger partial charge in [-0.15, -0.1) is 11.3 Å². The molecule has 0 radical (unpaired) electrons. The maximum Gasteiger partial charge on any atom is 0.260 e. The lowest BCUT2D eigenvalue weighted by Crippen LogP contribution is -2.13. The summed E-state index contributed by atoms with van der Waals surface area (Å²) in [4.78, 5) is 22.4. The molecule has 4 nitrogen and oxygen atoms in total. The van der Waals surface area contributed by atoms with Crippen molar-refractivity contribution in [2.75, 3.05) is 12.4 Å². The van der Waals surface area contributed by atoms with Crippen LogP contribution in [0.1, 0.15) is 23.8 Å². The van der Waals surface area contributed by atoms with E-state index in [2.05, 4.69) is 16.9 Å². The molecule has 0 amide bonds. The first-order chi connectivity index (χ1) is 12.2. The molecule has 0 spiro atoms. The highest BCUT2D eigenvalue weighted by atomic mass is 32.2. The minimum absolute atomic E-state index is 0.00327. The quantitative estimate of drug-likeness (QED) is 0.413. The Bertz CT molecular complexity index is 934. The Labute approximate surface area is 154 Å². The molecule has 130 valence electrons. The third-order valence-electron chi connectivity index (χ3n) is 4.48. The van der Waals surface area contributed by atoms with Crippen LogP contribution in [0.2, 0.25) is 0 Å². The van der Waals surface area contributed by atoms with Crippen molar-refractivity contribution in [2.45, 2.75) is 31.3 Å². The van der Waals surface area contributed by atoms with Gasteiger partial charge >= 0.3 is 0 Å². The zero-order valence-corrected chi connectivity index (χ0v) is 15.7. The molecule has 0 fully saturated rings. The number of aromatic amines is 1. The van der Waals surface area contributed by atoms with E-state index in [1.807, 2.05) is 30.3 Å². The molecule has 0 saturated carbocycles. The number of nitrogens with one attached hydrogen (secondary N) is 1. The lowest BCUT2D eigenvalue weighted by atomic mass is 9.89. The van der Waals surface area contributed by atoms with Gasteiger partial charge in [-0.3, -0.25) is 4.79 Å². The van der Waals surface area contributed by atoms with Gasteiger partial charge in [0.25, 0.3) is 5.56 Å². The van der Waals surface area contributed by atoms with Crippen LogP contribution in [0.4, 0.5) is 0 Å². The average Bonchev–Trinajstić information content (AvgIpc) is 2.97. The lowest BCUT2D eigenvalue weighted by Gasteiger charge is -2.17. The molecule has 1 aliphatic rings. The van der Waals surface area contributed by atoms with E-state index in [-0.39, 0.29) is 5.56 Å². The smallest absolute Gasteiger partial charge is 0.260 e. The summed E-state index contributed by atoms with van der Waals surface area (Å²) in [5.41, 5.74) is 1.24. The molecule has 1 aliphatic carbocycles. The first-order valence-corrected chi connectivity index (χ1v) is 10.4. The summed E-state index contributed by atoms with van der Waals surface area (Å²) in [6.07, 6.45) is 3.23. The largest absolute Gasteiger partial charge is 0.493 e. The molecule has 2 heterocycles. The van der Waals surface area contributed by atoms with E-state index in [9.17, 15) is 4.79 Å². The zero-order chi connectivity index (χ0) is 17.2. The summed E-state index contributed by atoms with van der Waals surface area (Å²) < 4.78 is 5.69. The second kappa shape index (κ2) is 7.22. The van der Waals surface area contributed by atoms with Crippen LogP contribution < -0.4 is 10.3 Å². The number of fused-ring (bicyclic) bond motifs is 3. The third kappa shape index (κ3) is 3.60. The molecule has 2 aromatic heterocycles. The second-order valence-corrected chi connectivity index (χ2v) is 8.58. The Morgan fingerprint density at radius 2 is 2.20 bits per heavy atom. The van der Waals surface area contributed by atoms with Crippen LogP contribution in [0, 0.1) is 5.92 Å². The number of aromatic nitrogens is 2. The van der Waals surface area contributed by atoms with Gasteiger partial charge in [0.1, 0.15) is 10.6 Å². The number of hydrogen-bond donors (Lipinski definition) is 1. The van der Waals surface area contributed by atoms with Crippen molar-refractivity contribution < 1.29 is 4.74 Å². The van der Waals surface area contributed by atoms with Gasteiger partial charge < -0.3 is 9.72 Å². The normalized spacial score (nSPS) is 16.8. The molecule has 6 heteroatoms. The SMILES string of the molecule is CC1CCc2c(sc3nc(SCCOc4ccccc4)[nH]c(=O)c23)C1. The zero-order valence-electron chi connectivity index (χ0n) is 14.1. The van der Waals surface area contributed by atoms with Crippen LogP contribution in [0.25, 0.3) is 10.2 Å². The molecule has 1 N–H and O–H groups in total. The number of H-pyrrole nitrogens is 1. The Morgan fingerprint density at radius 1 is 1.36 bits per heavy atom. The molecule has 4 rings (SSSR count). The molecule has 1 aromatic carbocycles. The van der Waals surface area contributed by atoms with Crippen molar-refractivity contribution in [1.82, 2.24) is 9.97 Å². The number of benzene rings is 1. The third-order valence-corrected chi connectivity index (χ3v) is 6.46. The van der Waals surface area contributed by atoms with Gasteiger partial charge in [0, 0.05) is 10.6 Å². The van der Waals surface area contributed by atoms with Crippen molar-refractivity contribution in [3.63, 3.8) is 0 Å². The highest BCUT2D eigenvalue weighted by molar-refractivity contribution is 7.99. The van der Waals surface area contributed by atoms with Gasteiger partial charge in [0.15, 0.2) is 5.16 Å². The van der Waals surface area contributed by atoms with Gasteiger partial charge in [-0.2, -0.15) is 0 Å². The Morgan fingerprint density at radius 3 is 3.04 bits per heavy atom. The molecule has 0 aliphatic heterocycles. The van der Waals surface area contributed by atoms with Crippen LogP contribution in [0.15, 0.2) is 40.3 Å². The first-order valence-electron chi connectivity index (χ1n) is 8.56. The maximum absolute atomic E-state index is 12.5. The summed E-state index contributed by atoms with van der Waals surface area (Å²) in [7, 11) is 0. The summed E-state index contributed by atoms with van der Waals surface area (Å²) >= 11 is 3.22. The van der Waals surface area contributed by atoms with E-state index in [1.165, 1.54) is 22.2 Å². The van der Waals surface area contributed by atoms with Gasteiger partial charge in [0.05, 0.1) is 12.0 Å². The molecule has 25 heavy (non-hydrogen) atoms. The molecule has 0 saturated heterocycles. The van der Waals surface area contributed by atoms with Crippen molar-refractivity contribution in [2.24, 2.45) is 5.92 Å². The van der Waals surface area contributed by atoms with Crippen molar-refractivity contribution >= 4 is 33.3 Å². The van der Waals surface area contributed by atoms with Crippen molar-refractivity contribution in [1.29, 1.82) is 0 Å². The Kier molecular flexibility index (Phi) is 4.81. The summed E-state index contributed by atoms with van der Waals surface area (Å²) in [5, 5.41) is 1.50. The molecule has 1 unspecified atom stereocenters. The average molecular weight is 373 g/mol. The summed E-state index contributed by atoms with van der Waals surface area (Å²) in [5.74, 6) is 2.30. The lowest BCUT2D eigenvalue weighted by molar-refractivity contribution is 0.344. The van der Waals surface area contributed by atoms with E-state index in [4.69, 9.17) is 4.74 Å². The number of nitrogens with zero attached hydrogens (tertiary/aromatic N) is 1. The van der Waals surface area contributed by atoms with E-state index < -0.39 is 0 Å². The monoisotopic (exact) mass is 372 g/mol. The van der Waals surface area contributed by atoms with Crippen LogP contribution in [-0.4, -0.2) is 22.3 Å². The Hall–Kier alpha value is -1.79. The van der Waals surface area contributed by atoms with E-state index in [1.54, 1.807) is 11.3 Å². The van der Waals surface area contributed by atoms with Crippen LogP contribution >= 0.6 is 23.1 Å². The van der Waals surface area contributed by atoms with Gasteiger partial charge in [0.2, 0.25) is 0 Å². The van der Waals surface area contributed by atoms with Crippen molar-refractivity contribution in [3.8, 4) is 5.75 Å². The molecule has 3 aromatic rings. The van der Waals surface area contributed by atoms with Gasteiger partial charge in [-0.25, -0.2) is 4.98 Å². The molecular formula is C19H20N2O2S2. The minimum atomic E-state index is 0.00327. The highest BCUT2D eigenvalue weighted by Crippen LogP contribution is 2.36. The molecular weight excluding hydrogens is 352 g/mol. The van der Waals surface area contributed by atoms with E-state index in [0.717, 1.165) is 41.0 Å². The predicted octanol–water partition coefficient (Wildman–Crippen LogP) is 4.28. The van der Waals surface area contributed by atoms with Crippen LogP contribution in [-0.2, 0) is 12.8 Å². The van der Waals surface area contributed by atoms with Crippen molar-refractivity contribution in [3.05, 3.63) is 51.1 Å². The summed E-state index contributed by atoms with van der Waals surface area (Å²) in [6.45, 7) is 2.86. The fraction of sp³-hybridized carbons (Fsp3) is 0.368. The van der Waals surface area contributed by atoms with Crippen LogP contribution in [0.3, 0.4) is 0 Å². The molecule has 0 bridgehead atoms. The standard InChI is InChI=1S/C19H20N2O2S2/c1-12-7-8-14-15(11-12)25-18-16(14)17(22)20-19(21-18)24-10-9-23-13-5-3-2-4-6-13/h2-6,12H,7-11H2,1H3,(H,20,21,22). The Balaban J connectivity index is 1.47. The fourth-order valence-corrected chi connectivity index (χ4v) is 5.33. The van der Waals surface area contributed by atoms with Crippen LogP contribution in [0.5, 0.6) is 5.75 Å². The minimum Gasteiger partial charge on any atom is -0.493 e. The highest BCUT2D eigenvalue weighted by Gasteiger charge is 2.22. The number of aryl methyl sites for hydroxylation is 1. The number of thioether (sulfide) groups is 1. The molecule has 1 atom stereocenters. The number of rotatable bonds is 5.